The third-order valence-electron chi connectivity index (χ3n) is 5.31. The summed E-state index contributed by atoms with van der Waals surface area (Å²) in [6.07, 6.45) is 1.84. The first kappa shape index (κ1) is 23.2. The Morgan fingerprint density at radius 3 is 2.23 bits per heavy atom. The first-order valence-electron chi connectivity index (χ1n) is 9.99. The van der Waals surface area contributed by atoms with Crippen molar-refractivity contribution in [2.45, 2.75) is 43.0 Å². The number of halogens is 1. The Labute approximate surface area is 187 Å². The predicted molar refractivity (Wildman–Crippen MR) is 122 cm³/mol. The van der Waals surface area contributed by atoms with Crippen molar-refractivity contribution in [3.05, 3.63) is 65.7 Å². The summed E-state index contributed by atoms with van der Waals surface area (Å²) < 4.78 is 26.1. The third kappa shape index (κ3) is 4.72. The summed E-state index contributed by atoms with van der Waals surface area (Å²) in [4.78, 5) is 4.68. The molecule has 0 fully saturated rings. The molecule has 0 aliphatic carbocycles. The first-order valence-corrected chi connectivity index (χ1v) is 10.8. The average molecular weight is 445 g/mol. The molecule has 31 heavy (non-hydrogen) atoms. The van der Waals surface area contributed by atoms with Crippen LogP contribution in [-0.2, 0) is 5.41 Å². The maximum atomic E-state index is 13.6. The smallest absolute Gasteiger partial charge is 0.173 e. The number of methoxy groups -OCH3 is 2. The Hall–Kier alpha value is -2.51. The summed E-state index contributed by atoms with van der Waals surface area (Å²) >= 11 is 1.48. The van der Waals surface area contributed by atoms with Crippen LogP contribution in [0.25, 0.3) is 5.69 Å². The normalized spacial score (nSPS) is 12.1. The van der Waals surface area contributed by atoms with Gasteiger partial charge in [0.25, 0.3) is 0 Å². The van der Waals surface area contributed by atoms with Gasteiger partial charge in [-0.2, -0.15) is 0 Å². The molecule has 0 radical (unpaired) electrons. The number of rotatable bonds is 8. The van der Waals surface area contributed by atoms with E-state index in [0.29, 0.717) is 11.5 Å². The lowest BCUT2D eigenvalue weighted by molar-refractivity contribution is 0.264. The number of thioether (sulfide) groups is 1. The topological polar surface area (TPSA) is 56.5 Å². The van der Waals surface area contributed by atoms with E-state index in [-0.39, 0.29) is 12.4 Å². The zero-order valence-corrected chi connectivity index (χ0v) is 19.6. The van der Waals surface area contributed by atoms with E-state index < -0.39 is 10.2 Å². The Morgan fingerprint density at radius 2 is 1.65 bits per heavy atom. The summed E-state index contributed by atoms with van der Waals surface area (Å²) in [6, 6.07) is 12.2. The van der Waals surface area contributed by atoms with E-state index in [1.54, 1.807) is 26.4 Å². The minimum Gasteiger partial charge on any atom is -0.493 e. The monoisotopic (exact) mass is 444 g/mol. The lowest BCUT2D eigenvalue weighted by atomic mass is 9.81. The van der Waals surface area contributed by atoms with Crippen LogP contribution in [0, 0.1) is 5.82 Å². The number of benzene rings is 2. The lowest BCUT2D eigenvalue weighted by Gasteiger charge is -2.29. The molecule has 2 aromatic carbocycles. The van der Waals surface area contributed by atoms with Crippen molar-refractivity contribution in [2.75, 3.05) is 20.8 Å². The molecule has 0 bridgehead atoms. The minimum atomic E-state index is -0.455. The Morgan fingerprint density at radius 1 is 1.00 bits per heavy atom. The van der Waals surface area contributed by atoms with Gasteiger partial charge in [0.1, 0.15) is 5.82 Å². The molecule has 5 nitrogen and oxygen atoms in total. The largest absolute Gasteiger partial charge is 0.493 e. The van der Waals surface area contributed by atoms with Crippen molar-refractivity contribution in [1.29, 1.82) is 0 Å². The molecule has 0 spiro atoms. The highest BCUT2D eigenvalue weighted by Gasteiger charge is 2.32. The number of aliphatic hydroxyl groups is 1. The van der Waals surface area contributed by atoms with Crippen LogP contribution in [-0.4, -0.2) is 40.2 Å². The van der Waals surface area contributed by atoms with Crippen molar-refractivity contribution < 1.29 is 19.0 Å². The highest BCUT2D eigenvalue weighted by atomic mass is 32.2. The fourth-order valence-corrected chi connectivity index (χ4v) is 4.30. The van der Waals surface area contributed by atoms with Crippen LogP contribution in [0.5, 0.6) is 11.5 Å². The van der Waals surface area contributed by atoms with Crippen molar-refractivity contribution in [1.82, 2.24) is 9.55 Å². The van der Waals surface area contributed by atoms with Crippen molar-refractivity contribution in [3.63, 3.8) is 0 Å². The molecule has 0 saturated carbocycles. The molecule has 1 heterocycles. The van der Waals surface area contributed by atoms with Crippen molar-refractivity contribution in [3.8, 4) is 17.2 Å². The Balaban J connectivity index is 2.18. The molecule has 166 valence electrons. The number of aliphatic hydroxyl groups excluding tert-OH is 1. The van der Waals surface area contributed by atoms with Gasteiger partial charge in [0.15, 0.2) is 16.7 Å². The molecular weight excluding hydrogens is 415 g/mol. The molecule has 7 heteroatoms. The maximum Gasteiger partial charge on any atom is 0.173 e. The van der Waals surface area contributed by atoms with E-state index in [2.05, 4.69) is 18.8 Å². The minimum absolute atomic E-state index is 0.00233. The van der Waals surface area contributed by atoms with E-state index in [1.807, 2.05) is 42.8 Å². The van der Waals surface area contributed by atoms with Crippen LogP contribution < -0.4 is 9.47 Å². The maximum absolute atomic E-state index is 13.6. The van der Waals surface area contributed by atoms with Gasteiger partial charge in [-0.3, -0.25) is 4.57 Å². The average Bonchev–Trinajstić information content (AvgIpc) is 3.17. The van der Waals surface area contributed by atoms with E-state index in [4.69, 9.17) is 9.47 Å². The molecule has 0 aliphatic rings. The first-order chi connectivity index (χ1) is 14.6. The van der Waals surface area contributed by atoms with Gasteiger partial charge in [-0.15, -0.1) is 0 Å². The standard InChI is InChI=1S/C24H29FN2O3S/c1-23(2,15-28)31-22-26-14-21(27(22)18-10-8-17(25)9-11-18)24(3,4)16-7-12-19(29-5)20(13-16)30-6/h7-14,28H,15H2,1-6H3. The lowest BCUT2D eigenvalue weighted by Crippen LogP contribution is -2.24. The number of hydrogen-bond donors (Lipinski definition) is 1. The van der Waals surface area contributed by atoms with Crippen molar-refractivity contribution in [2.24, 2.45) is 0 Å². The fraction of sp³-hybridized carbons (Fsp3) is 0.375. The van der Waals surface area contributed by atoms with Crippen LogP contribution in [0.1, 0.15) is 39.0 Å². The van der Waals surface area contributed by atoms with Crippen LogP contribution in [0.15, 0.2) is 53.8 Å². The van der Waals surface area contributed by atoms with Crippen LogP contribution >= 0.6 is 11.8 Å². The quantitative estimate of drug-likeness (QED) is 0.483. The fourth-order valence-electron chi connectivity index (χ4n) is 3.34. The molecular formula is C24H29FN2O3S. The van der Waals surface area contributed by atoms with Crippen LogP contribution in [0.3, 0.4) is 0 Å². The summed E-state index contributed by atoms with van der Waals surface area (Å²) in [6.45, 7) is 8.14. The summed E-state index contributed by atoms with van der Waals surface area (Å²) in [5.74, 6) is 1.02. The molecule has 3 rings (SSSR count). The molecule has 1 N–H and O–H groups in total. The number of nitrogens with zero attached hydrogens (tertiary/aromatic N) is 2. The predicted octanol–water partition coefficient (Wildman–Crippen LogP) is 5.22. The zero-order valence-electron chi connectivity index (χ0n) is 18.8. The SMILES string of the molecule is COc1ccc(C(C)(C)c2cnc(SC(C)(C)CO)n2-c2ccc(F)cc2)cc1OC. The molecule has 1 aromatic heterocycles. The third-order valence-corrected chi connectivity index (χ3v) is 6.46. The van der Waals surface area contributed by atoms with Gasteiger partial charge in [0, 0.05) is 15.8 Å². The zero-order chi connectivity index (χ0) is 22.8. The molecule has 0 atom stereocenters. The van der Waals surface area contributed by atoms with E-state index in [9.17, 15) is 9.50 Å². The van der Waals surface area contributed by atoms with Gasteiger partial charge >= 0.3 is 0 Å². The van der Waals surface area contributed by atoms with E-state index >= 15 is 0 Å². The van der Waals surface area contributed by atoms with Gasteiger partial charge in [0.2, 0.25) is 0 Å². The van der Waals surface area contributed by atoms with Gasteiger partial charge in [-0.1, -0.05) is 31.7 Å². The second kappa shape index (κ2) is 8.93. The number of aromatic nitrogens is 2. The number of ether oxygens (including phenoxy) is 2. The van der Waals surface area contributed by atoms with Gasteiger partial charge < -0.3 is 14.6 Å². The summed E-state index contributed by atoms with van der Waals surface area (Å²) in [5.41, 5.74) is 2.30. The van der Waals surface area contributed by atoms with Gasteiger partial charge in [-0.05, 0) is 55.8 Å². The highest BCUT2D eigenvalue weighted by molar-refractivity contribution is 8.00. The van der Waals surface area contributed by atoms with E-state index in [1.165, 1.54) is 23.9 Å². The Kier molecular flexibility index (Phi) is 6.67. The molecule has 3 aromatic rings. The summed E-state index contributed by atoms with van der Waals surface area (Å²) in [5, 5.41) is 10.5. The second-order valence-electron chi connectivity index (χ2n) is 8.45. The highest BCUT2D eigenvalue weighted by Crippen LogP contribution is 2.41. The number of imidazole rings is 1. The van der Waals surface area contributed by atoms with Crippen molar-refractivity contribution >= 4 is 11.8 Å². The second-order valence-corrected chi connectivity index (χ2v) is 10.1. The van der Waals surface area contributed by atoms with Gasteiger partial charge in [-0.25, -0.2) is 9.37 Å². The van der Waals surface area contributed by atoms with Gasteiger partial charge in [0.05, 0.1) is 32.7 Å². The Bertz CT molecular complexity index is 1050. The summed E-state index contributed by atoms with van der Waals surface area (Å²) in [7, 11) is 3.22. The molecule has 0 unspecified atom stereocenters. The molecule has 0 aliphatic heterocycles. The molecule has 0 saturated heterocycles. The molecule has 0 amide bonds. The van der Waals surface area contributed by atoms with E-state index in [0.717, 1.165) is 22.1 Å². The van der Waals surface area contributed by atoms with Crippen LogP contribution in [0.2, 0.25) is 0 Å². The van der Waals surface area contributed by atoms with Crippen LogP contribution in [0.4, 0.5) is 4.39 Å². The number of hydrogen-bond acceptors (Lipinski definition) is 5.